The van der Waals surface area contributed by atoms with Gasteiger partial charge in [-0.2, -0.15) is 0 Å². The number of rotatable bonds is 3. The van der Waals surface area contributed by atoms with Crippen molar-refractivity contribution in [2.75, 3.05) is 19.8 Å². The van der Waals surface area contributed by atoms with E-state index >= 15 is 0 Å². The van der Waals surface area contributed by atoms with Crippen molar-refractivity contribution in [1.82, 2.24) is 0 Å². The van der Waals surface area contributed by atoms with Crippen LogP contribution in [0.1, 0.15) is 0 Å². The third kappa shape index (κ3) is 2.65. The summed E-state index contributed by atoms with van der Waals surface area (Å²) in [5.41, 5.74) is 0. The molecule has 0 bridgehead atoms. The van der Waals surface area contributed by atoms with Gasteiger partial charge in [-0.05, 0) is 0 Å². The molecule has 0 spiro atoms. The first kappa shape index (κ1) is 14.1. The summed E-state index contributed by atoms with van der Waals surface area (Å²) in [6, 6.07) is 0. The average Bonchev–Trinajstić information content (AvgIpc) is 2.71. The second-order valence-corrected chi connectivity index (χ2v) is 4.47. The van der Waals surface area contributed by atoms with E-state index in [2.05, 4.69) is 0 Å². The van der Waals surface area contributed by atoms with Crippen LogP contribution in [-0.2, 0) is 14.2 Å². The van der Waals surface area contributed by atoms with E-state index in [1.54, 1.807) is 0 Å². The highest BCUT2D eigenvalue weighted by molar-refractivity contribution is 4.88. The molecule has 18 heavy (non-hydrogen) atoms. The van der Waals surface area contributed by atoms with Gasteiger partial charge in [0.05, 0.1) is 19.8 Å². The summed E-state index contributed by atoms with van der Waals surface area (Å²) >= 11 is 0. The second kappa shape index (κ2) is 5.76. The van der Waals surface area contributed by atoms with Gasteiger partial charge in [-0.25, -0.2) is 0 Å². The Morgan fingerprint density at radius 1 is 0.944 bits per heavy atom. The first-order valence-electron chi connectivity index (χ1n) is 5.76. The number of hydrogen-bond donors (Lipinski definition) is 5. The summed E-state index contributed by atoms with van der Waals surface area (Å²) in [6.07, 6.45) is -7.67. The summed E-state index contributed by atoms with van der Waals surface area (Å²) in [7, 11) is 0. The fraction of sp³-hybridized carbons (Fsp3) is 1.00. The van der Waals surface area contributed by atoms with Crippen LogP contribution in [0.25, 0.3) is 0 Å². The molecule has 7 atom stereocenters. The van der Waals surface area contributed by atoms with E-state index in [0.29, 0.717) is 0 Å². The smallest absolute Gasteiger partial charge is 0.186 e. The molecule has 0 aromatic carbocycles. The van der Waals surface area contributed by atoms with Crippen molar-refractivity contribution < 1.29 is 39.7 Å². The molecule has 2 heterocycles. The maximum absolute atomic E-state index is 9.67. The highest BCUT2D eigenvalue weighted by Crippen LogP contribution is 2.24. The average molecular weight is 266 g/mol. The molecule has 8 heteroatoms. The van der Waals surface area contributed by atoms with Gasteiger partial charge in [0.25, 0.3) is 0 Å². The lowest BCUT2D eigenvalue weighted by molar-refractivity contribution is -0.291. The van der Waals surface area contributed by atoms with E-state index in [0.717, 1.165) is 0 Å². The predicted octanol–water partition coefficient (Wildman–Crippen LogP) is -3.44. The first-order chi connectivity index (χ1) is 8.54. The number of aliphatic hydroxyl groups excluding tert-OH is 5. The molecule has 5 N–H and O–H groups in total. The van der Waals surface area contributed by atoms with E-state index in [9.17, 15) is 20.4 Å². The van der Waals surface area contributed by atoms with Gasteiger partial charge in [0.15, 0.2) is 6.29 Å². The normalized spacial score (nSPS) is 49.5. The SMILES string of the molecule is OC[C@@H]1OC[C@H](O)[C@H]1O[C@H]1OC[C@H](O)[C@H](O)[C@H]1O. The molecule has 2 aliphatic rings. The van der Waals surface area contributed by atoms with Gasteiger partial charge in [-0.15, -0.1) is 0 Å². The number of hydrogen-bond acceptors (Lipinski definition) is 8. The molecule has 2 aliphatic heterocycles. The molecule has 0 aliphatic carbocycles. The van der Waals surface area contributed by atoms with Crippen molar-refractivity contribution in [2.45, 2.75) is 42.9 Å². The fourth-order valence-corrected chi connectivity index (χ4v) is 2.05. The van der Waals surface area contributed by atoms with Crippen LogP contribution in [-0.4, -0.2) is 88.3 Å². The Hall–Kier alpha value is -0.320. The minimum Gasteiger partial charge on any atom is -0.394 e. The Bertz CT molecular complexity index is 275. The third-order valence-electron chi connectivity index (χ3n) is 3.15. The summed E-state index contributed by atoms with van der Waals surface area (Å²) in [4.78, 5) is 0. The van der Waals surface area contributed by atoms with Crippen LogP contribution >= 0.6 is 0 Å². The van der Waals surface area contributed by atoms with Crippen molar-refractivity contribution >= 4 is 0 Å². The topological polar surface area (TPSA) is 129 Å². The molecular weight excluding hydrogens is 248 g/mol. The first-order valence-corrected chi connectivity index (χ1v) is 5.76. The van der Waals surface area contributed by atoms with Gasteiger partial charge >= 0.3 is 0 Å². The highest BCUT2D eigenvalue weighted by atomic mass is 16.7. The Balaban J connectivity index is 1.96. The molecule has 2 rings (SSSR count). The summed E-state index contributed by atoms with van der Waals surface area (Å²) in [5, 5.41) is 47.1. The minimum atomic E-state index is -1.43. The monoisotopic (exact) mass is 266 g/mol. The van der Waals surface area contributed by atoms with Gasteiger partial charge in [0.1, 0.15) is 36.6 Å². The Kier molecular flexibility index (Phi) is 4.51. The van der Waals surface area contributed by atoms with Crippen LogP contribution in [0.3, 0.4) is 0 Å². The highest BCUT2D eigenvalue weighted by Gasteiger charge is 2.44. The van der Waals surface area contributed by atoms with Gasteiger partial charge < -0.3 is 39.7 Å². The maximum atomic E-state index is 9.67. The van der Waals surface area contributed by atoms with Crippen molar-refractivity contribution in [1.29, 1.82) is 0 Å². The Morgan fingerprint density at radius 3 is 2.28 bits per heavy atom. The minimum absolute atomic E-state index is 0.0177. The molecule has 0 saturated carbocycles. The van der Waals surface area contributed by atoms with E-state index in [1.165, 1.54) is 0 Å². The van der Waals surface area contributed by atoms with Crippen molar-refractivity contribution in [3.63, 3.8) is 0 Å². The zero-order valence-corrected chi connectivity index (χ0v) is 9.62. The van der Waals surface area contributed by atoms with E-state index in [4.69, 9.17) is 19.3 Å². The fourth-order valence-electron chi connectivity index (χ4n) is 2.05. The van der Waals surface area contributed by atoms with Crippen LogP contribution in [0.5, 0.6) is 0 Å². The lowest BCUT2D eigenvalue weighted by atomic mass is 10.1. The Morgan fingerprint density at radius 2 is 1.61 bits per heavy atom. The van der Waals surface area contributed by atoms with Crippen LogP contribution in [0.4, 0.5) is 0 Å². The molecule has 2 fully saturated rings. The van der Waals surface area contributed by atoms with E-state index in [-0.39, 0.29) is 19.8 Å². The molecule has 2 saturated heterocycles. The molecule has 0 aromatic rings. The van der Waals surface area contributed by atoms with E-state index in [1.807, 2.05) is 0 Å². The lowest BCUT2D eigenvalue weighted by Crippen LogP contribution is -2.55. The zero-order valence-electron chi connectivity index (χ0n) is 9.62. The summed E-state index contributed by atoms with van der Waals surface area (Å²) in [6.45, 7) is -0.504. The van der Waals surface area contributed by atoms with Crippen LogP contribution in [0.2, 0.25) is 0 Å². The van der Waals surface area contributed by atoms with Gasteiger partial charge in [0.2, 0.25) is 0 Å². The van der Waals surface area contributed by atoms with Crippen molar-refractivity contribution in [2.24, 2.45) is 0 Å². The standard InChI is InChI=1S/C10H18O8/c11-1-6-9(5(13)3-16-6)18-10-8(15)7(14)4(12)2-17-10/h4-15H,1-3H2/t4-,5-,6-,7-,8+,9+,10+/m0/s1. The van der Waals surface area contributed by atoms with Gasteiger partial charge in [-0.3, -0.25) is 0 Å². The number of aliphatic hydroxyl groups is 5. The molecule has 8 nitrogen and oxygen atoms in total. The molecule has 0 radical (unpaired) electrons. The molecular formula is C10H18O8. The second-order valence-electron chi connectivity index (χ2n) is 4.47. The quantitative estimate of drug-likeness (QED) is 0.357. The molecule has 106 valence electrons. The largest absolute Gasteiger partial charge is 0.394 e. The predicted molar refractivity (Wildman–Crippen MR) is 55.5 cm³/mol. The number of ether oxygens (including phenoxy) is 3. The maximum Gasteiger partial charge on any atom is 0.186 e. The third-order valence-corrected chi connectivity index (χ3v) is 3.15. The van der Waals surface area contributed by atoms with Crippen LogP contribution < -0.4 is 0 Å². The zero-order chi connectivity index (χ0) is 13.3. The van der Waals surface area contributed by atoms with E-state index < -0.39 is 42.9 Å². The van der Waals surface area contributed by atoms with Crippen LogP contribution in [0.15, 0.2) is 0 Å². The van der Waals surface area contributed by atoms with Crippen molar-refractivity contribution in [3.8, 4) is 0 Å². The van der Waals surface area contributed by atoms with Gasteiger partial charge in [-0.1, -0.05) is 0 Å². The summed E-state index contributed by atoms with van der Waals surface area (Å²) in [5.74, 6) is 0. The molecule has 0 unspecified atom stereocenters. The Labute approximate surface area is 103 Å². The molecule has 0 aromatic heterocycles. The summed E-state index contributed by atoms with van der Waals surface area (Å²) < 4.78 is 15.4. The molecule has 0 amide bonds. The van der Waals surface area contributed by atoms with Gasteiger partial charge in [0, 0.05) is 0 Å². The lowest BCUT2D eigenvalue weighted by Gasteiger charge is -2.37. The van der Waals surface area contributed by atoms with Crippen LogP contribution in [0, 0.1) is 0 Å². The van der Waals surface area contributed by atoms with Crippen molar-refractivity contribution in [3.05, 3.63) is 0 Å².